The number of nitrogens with one attached hydrogen (secondary N) is 1. The average molecular weight is 316 g/mol. The molecule has 0 saturated carbocycles. The van der Waals surface area contributed by atoms with E-state index in [1.54, 1.807) is 6.92 Å². The summed E-state index contributed by atoms with van der Waals surface area (Å²) in [6.45, 7) is 1.94. The zero-order valence-corrected chi connectivity index (χ0v) is 12.0. The number of hydrogen-bond acceptors (Lipinski definition) is 5. The Morgan fingerprint density at radius 1 is 1.32 bits per heavy atom. The van der Waals surface area contributed by atoms with Crippen molar-refractivity contribution in [2.24, 2.45) is 0 Å². The van der Waals surface area contributed by atoms with Crippen molar-refractivity contribution in [3.63, 3.8) is 0 Å². The number of ether oxygens (including phenoxy) is 1. The number of carbonyl (C=O) groups is 1. The van der Waals surface area contributed by atoms with E-state index in [9.17, 15) is 18.0 Å². The summed E-state index contributed by atoms with van der Waals surface area (Å²) in [5.74, 6) is -0.482. The third kappa shape index (κ3) is 3.16. The number of alkyl halides is 3. The van der Waals surface area contributed by atoms with Crippen LogP contribution in [-0.2, 0) is 9.57 Å². The Morgan fingerprint density at radius 2 is 1.95 bits per heavy atom. The second-order valence-corrected chi connectivity index (χ2v) is 4.45. The van der Waals surface area contributed by atoms with Gasteiger partial charge in [-0.3, -0.25) is 4.84 Å². The Morgan fingerprint density at radius 3 is 2.45 bits per heavy atom. The van der Waals surface area contributed by atoms with Gasteiger partial charge in [0.25, 0.3) is 0 Å². The molecule has 22 heavy (non-hydrogen) atoms. The van der Waals surface area contributed by atoms with Gasteiger partial charge in [0, 0.05) is 11.8 Å². The molecule has 0 bridgehead atoms. The SMILES string of the molecule is CCOC(=O)c1ccc(C2=CNC(C(F)(F)F)N2OC)cc1. The third-order valence-corrected chi connectivity index (χ3v) is 3.05. The number of carbonyl (C=O) groups excluding carboxylic acids is 1. The van der Waals surface area contributed by atoms with Gasteiger partial charge in [0.2, 0.25) is 6.17 Å². The number of benzene rings is 1. The minimum absolute atomic E-state index is 0.222. The Hall–Kier alpha value is -2.22. The predicted molar refractivity (Wildman–Crippen MR) is 72.2 cm³/mol. The van der Waals surface area contributed by atoms with Crippen LogP contribution in [-0.4, -0.2) is 37.1 Å². The van der Waals surface area contributed by atoms with E-state index in [1.165, 1.54) is 30.5 Å². The van der Waals surface area contributed by atoms with Gasteiger partial charge >= 0.3 is 12.1 Å². The molecule has 0 aliphatic carbocycles. The molecular formula is C14H15F3N2O3. The predicted octanol–water partition coefficient (Wildman–Crippen LogP) is 2.52. The lowest BCUT2D eigenvalue weighted by Crippen LogP contribution is -2.47. The van der Waals surface area contributed by atoms with Gasteiger partial charge in [0.05, 0.1) is 25.0 Å². The standard InChI is InChI=1S/C14H15F3N2O3/c1-3-22-12(20)10-6-4-9(5-7-10)11-8-18-13(14(15,16)17)19(11)21-2/h4-8,13,18H,3H2,1-2H3. The van der Waals surface area contributed by atoms with Gasteiger partial charge < -0.3 is 10.1 Å². The maximum atomic E-state index is 12.9. The second kappa shape index (κ2) is 6.27. The van der Waals surface area contributed by atoms with Crippen LogP contribution in [0.4, 0.5) is 13.2 Å². The molecule has 1 aromatic carbocycles. The summed E-state index contributed by atoms with van der Waals surface area (Å²) in [5, 5.41) is 2.96. The summed E-state index contributed by atoms with van der Waals surface area (Å²) in [7, 11) is 1.16. The lowest BCUT2D eigenvalue weighted by Gasteiger charge is -2.28. The van der Waals surface area contributed by atoms with Crippen molar-refractivity contribution in [3.8, 4) is 0 Å². The van der Waals surface area contributed by atoms with Crippen LogP contribution in [0.1, 0.15) is 22.8 Å². The van der Waals surface area contributed by atoms with Crippen LogP contribution in [0, 0.1) is 0 Å². The first-order valence-corrected chi connectivity index (χ1v) is 6.52. The summed E-state index contributed by atoms with van der Waals surface area (Å²) < 4.78 is 43.4. The fraction of sp³-hybridized carbons (Fsp3) is 0.357. The van der Waals surface area contributed by atoms with Crippen molar-refractivity contribution < 1.29 is 27.5 Å². The van der Waals surface area contributed by atoms with Crippen molar-refractivity contribution in [1.82, 2.24) is 10.4 Å². The average Bonchev–Trinajstić information content (AvgIpc) is 2.91. The van der Waals surface area contributed by atoms with Gasteiger partial charge in [-0.2, -0.15) is 13.2 Å². The Bertz CT molecular complexity index is 570. The number of rotatable bonds is 4. The quantitative estimate of drug-likeness (QED) is 0.865. The molecule has 1 unspecified atom stereocenters. The molecule has 0 spiro atoms. The van der Waals surface area contributed by atoms with E-state index >= 15 is 0 Å². The van der Waals surface area contributed by atoms with Gasteiger partial charge in [-0.1, -0.05) is 12.1 Å². The highest BCUT2D eigenvalue weighted by atomic mass is 19.4. The van der Waals surface area contributed by atoms with E-state index in [1.807, 2.05) is 0 Å². The minimum Gasteiger partial charge on any atom is -0.462 e. The van der Waals surface area contributed by atoms with Crippen LogP contribution in [0.15, 0.2) is 30.5 Å². The van der Waals surface area contributed by atoms with Gasteiger partial charge in [-0.15, -0.1) is 0 Å². The van der Waals surface area contributed by atoms with E-state index in [2.05, 4.69) is 5.32 Å². The summed E-state index contributed by atoms with van der Waals surface area (Å²) in [5.41, 5.74) is 1.03. The zero-order chi connectivity index (χ0) is 16.3. The maximum absolute atomic E-state index is 12.9. The van der Waals surface area contributed by atoms with Crippen molar-refractivity contribution in [2.75, 3.05) is 13.7 Å². The first-order chi connectivity index (χ1) is 10.4. The van der Waals surface area contributed by atoms with Crippen LogP contribution in [0.2, 0.25) is 0 Å². The lowest BCUT2D eigenvalue weighted by atomic mass is 10.1. The normalized spacial score (nSPS) is 18.0. The van der Waals surface area contributed by atoms with Crippen LogP contribution >= 0.6 is 0 Å². The zero-order valence-electron chi connectivity index (χ0n) is 12.0. The van der Waals surface area contributed by atoms with E-state index < -0.39 is 18.3 Å². The van der Waals surface area contributed by atoms with Gasteiger partial charge in [0.1, 0.15) is 0 Å². The number of hydroxylamine groups is 2. The third-order valence-electron chi connectivity index (χ3n) is 3.05. The number of halogens is 3. The molecule has 5 nitrogen and oxygen atoms in total. The highest BCUT2D eigenvalue weighted by Crippen LogP contribution is 2.33. The van der Waals surface area contributed by atoms with E-state index in [-0.39, 0.29) is 12.3 Å². The van der Waals surface area contributed by atoms with Crippen LogP contribution in [0.3, 0.4) is 0 Å². The first-order valence-electron chi connectivity index (χ1n) is 6.52. The monoisotopic (exact) mass is 316 g/mol. The molecule has 1 aliphatic rings. The number of esters is 1. The molecule has 1 N–H and O–H groups in total. The fourth-order valence-electron chi connectivity index (χ4n) is 2.06. The Labute approximate surface area is 125 Å². The lowest BCUT2D eigenvalue weighted by molar-refractivity contribution is -0.238. The Kier molecular flexibility index (Phi) is 4.60. The van der Waals surface area contributed by atoms with Crippen LogP contribution in [0.5, 0.6) is 0 Å². The highest BCUT2D eigenvalue weighted by Gasteiger charge is 2.47. The molecule has 8 heteroatoms. The number of hydrogen-bond donors (Lipinski definition) is 1. The maximum Gasteiger partial charge on any atom is 0.429 e. The van der Waals surface area contributed by atoms with Gasteiger partial charge in [-0.25, -0.2) is 9.86 Å². The molecule has 0 amide bonds. The summed E-state index contributed by atoms with van der Waals surface area (Å²) >= 11 is 0. The highest BCUT2D eigenvalue weighted by molar-refractivity contribution is 5.89. The van der Waals surface area contributed by atoms with Crippen molar-refractivity contribution in [3.05, 3.63) is 41.6 Å². The second-order valence-electron chi connectivity index (χ2n) is 4.45. The minimum atomic E-state index is -4.49. The number of nitrogens with zero attached hydrogens (tertiary/aromatic N) is 1. The first kappa shape index (κ1) is 16.2. The summed E-state index contributed by atoms with van der Waals surface area (Å²) in [4.78, 5) is 16.4. The molecule has 120 valence electrons. The van der Waals surface area contributed by atoms with Crippen molar-refractivity contribution in [2.45, 2.75) is 19.3 Å². The molecular weight excluding hydrogens is 301 g/mol. The van der Waals surface area contributed by atoms with E-state index in [4.69, 9.17) is 9.57 Å². The molecule has 1 heterocycles. The largest absolute Gasteiger partial charge is 0.462 e. The Balaban J connectivity index is 2.20. The smallest absolute Gasteiger partial charge is 0.429 e. The van der Waals surface area contributed by atoms with E-state index in [0.29, 0.717) is 11.1 Å². The topological polar surface area (TPSA) is 50.8 Å². The van der Waals surface area contributed by atoms with Crippen LogP contribution in [0.25, 0.3) is 5.70 Å². The molecule has 0 radical (unpaired) electrons. The summed E-state index contributed by atoms with van der Waals surface area (Å²) in [6.07, 6.45) is -5.21. The van der Waals surface area contributed by atoms with Crippen molar-refractivity contribution >= 4 is 11.7 Å². The molecule has 0 saturated heterocycles. The molecule has 1 aliphatic heterocycles. The fourth-order valence-corrected chi connectivity index (χ4v) is 2.06. The van der Waals surface area contributed by atoms with Crippen molar-refractivity contribution in [1.29, 1.82) is 0 Å². The molecule has 2 rings (SSSR count). The van der Waals surface area contributed by atoms with Gasteiger partial charge in [0.15, 0.2) is 0 Å². The molecule has 0 aromatic heterocycles. The van der Waals surface area contributed by atoms with E-state index in [0.717, 1.165) is 12.2 Å². The molecule has 1 aromatic rings. The molecule has 1 atom stereocenters. The summed E-state index contributed by atoms with van der Waals surface area (Å²) in [6, 6.07) is 6.04. The molecule has 0 fully saturated rings. The van der Waals surface area contributed by atoms with Gasteiger partial charge in [-0.05, 0) is 19.1 Å². The van der Waals surface area contributed by atoms with Crippen LogP contribution < -0.4 is 5.32 Å².